The van der Waals surface area contributed by atoms with Crippen molar-refractivity contribution in [2.24, 2.45) is 0 Å². The smallest absolute Gasteiger partial charge is 0.207 e. The van der Waals surface area contributed by atoms with Crippen LogP contribution in [0.2, 0.25) is 0 Å². The number of nitrogens with one attached hydrogen (secondary N) is 1. The summed E-state index contributed by atoms with van der Waals surface area (Å²) in [6.07, 6.45) is 6.19. The van der Waals surface area contributed by atoms with E-state index in [4.69, 9.17) is 0 Å². The van der Waals surface area contributed by atoms with E-state index in [0.29, 0.717) is 13.9 Å². The minimum atomic E-state index is -3.36. The Morgan fingerprint density at radius 2 is 2.06 bits per heavy atom. The molecule has 1 aromatic rings. The summed E-state index contributed by atoms with van der Waals surface area (Å²) >= 11 is 6.41. The van der Waals surface area contributed by atoms with Gasteiger partial charge in [-0.25, -0.2) is 13.1 Å². The van der Waals surface area contributed by atoms with Gasteiger partial charge in [-0.05, 0) is 59.3 Å². The highest BCUT2D eigenvalue weighted by molar-refractivity contribution is 9.10. The normalized spacial score (nSPS) is 25.2. The van der Waals surface area contributed by atoms with Crippen LogP contribution >= 0.6 is 39.0 Å². The molecular formula is C11H16BrNO2S3. The van der Waals surface area contributed by atoms with Gasteiger partial charge in [0.1, 0.15) is 4.21 Å². The van der Waals surface area contributed by atoms with Gasteiger partial charge in [-0.1, -0.05) is 0 Å². The first-order valence-corrected chi connectivity index (χ1v) is 10.3. The van der Waals surface area contributed by atoms with Crippen LogP contribution in [0.15, 0.2) is 20.1 Å². The molecule has 1 aliphatic carbocycles. The highest BCUT2D eigenvalue weighted by Gasteiger charge is 2.27. The third-order valence-corrected chi connectivity index (χ3v) is 8.49. The molecule has 0 radical (unpaired) electrons. The zero-order valence-electron chi connectivity index (χ0n) is 10.1. The van der Waals surface area contributed by atoms with Crippen molar-refractivity contribution in [1.82, 2.24) is 4.72 Å². The van der Waals surface area contributed by atoms with Gasteiger partial charge in [0.25, 0.3) is 10.0 Å². The number of hydrogen-bond donors (Lipinski definition) is 1. The molecule has 18 heavy (non-hydrogen) atoms. The Bertz CT molecular complexity index is 492. The molecule has 0 unspecified atom stereocenters. The van der Waals surface area contributed by atoms with Crippen molar-refractivity contribution in [3.63, 3.8) is 0 Å². The maximum absolute atomic E-state index is 12.2. The average molecular weight is 370 g/mol. The molecule has 0 spiro atoms. The summed E-state index contributed by atoms with van der Waals surface area (Å²) in [6.45, 7) is 0. The number of sulfonamides is 1. The largest absolute Gasteiger partial charge is 0.251 e. The van der Waals surface area contributed by atoms with E-state index in [1.807, 2.05) is 11.8 Å². The minimum absolute atomic E-state index is 0.0902. The molecule has 0 amide bonds. The summed E-state index contributed by atoms with van der Waals surface area (Å²) in [4.78, 5) is 0. The number of thioether (sulfide) groups is 1. The Labute approximate surface area is 125 Å². The molecule has 0 aromatic carbocycles. The lowest BCUT2D eigenvalue weighted by molar-refractivity contribution is 0.420. The number of rotatable bonds is 4. The minimum Gasteiger partial charge on any atom is -0.207 e. The standard InChI is InChI=1S/C11H16BrNO2S3/c1-16-9-4-2-8(3-5-9)13-18(14,15)11-10(12)6-7-17-11/h6-9,13H,2-5H2,1H3. The molecule has 102 valence electrons. The zero-order chi connectivity index (χ0) is 13.2. The lowest BCUT2D eigenvalue weighted by Crippen LogP contribution is -2.37. The number of hydrogen-bond acceptors (Lipinski definition) is 4. The molecule has 1 aromatic heterocycles. The molecule has 0 bridgehead atoms. The average Bonchev–Trinajstić information content (AvgIpc) is 2.77. The van der Waals surface area contributed by atoms with Crippen LogP contribution in [-0.4, -0.2) is 26.0 Å². The predicted octanol–water partition coefficient (Wildman–Crippen LogP) is 3.46. The van der Waals surface area contributed by atoms with Gasteiger partial charge in [0.15, 0.2) is 0 Å². The fraction of sp³-hybridized carbons (Fsp3) is 0.636. The number of halogens is 1. The van der Waals surface area contributed by atoms with Crippen LogP contribution in [0.1, 0.15) is 25.7 Å². The molecule has 2 rings (SSSR count). The topological polar surface area (TPSA) is 46.2 Å². The fourth-order valence-electron chi connectivity index (χ4n) is 2.16. The van der Waals surface area contributed by atoms with Crippen LogP contribution in [0.4, 0.5) is 0 Å². The second-order valence-electron chi connectivity index (χ2n) is 4.39. The summed E-state index contributed by atoms with van der Waals surface area (Å²) < 4.78 is 28.3. The van der Waals surface area contributed by atoms with Crippen LogP contribution in [-0.2, 0) is 10.0 Å². The van der Waals surface area contributed by atoms with E-state index in [-0.39, 0.29) is 6.04 Å². The third kappa shape index (κ3) is 3.50. The summed E-state index contributed by atoms with van der Waals surface area (Å²) in [5.74, 6) is 0. The van der Waals surface area contributed by atoms with Crippen LogP contribution in [0.3, 0.4) is 0 Å². The van der Waals surface area contributed by atoms with Crippen molar-refractivity contribution in [2.45, 2.75) is 41.2 Å². The van der Waals surface area contributed by atoms with Crippen LogP contribution < -0.4 is 4.72 Å². The van der Waals surface area contributed by atoms with Crippen molar-refractivity contribution in [2.75, 3.05) is 6.26 Å². The van der Waals surface area contributed by atoms with Crippen LogP contribution in [0.25, 0.3) is 0 Å². The van der Waals surface area contributed by atoms with E-state index in [0.717, 1.165) is 25.7 Å². The summed E-state index contributed by atoms with van der Waals surface area (Å²) in [5.41, 5.74) is 0. The van der Waals surface area contributed by atoms with Gasteiger partial charge in [-0.15, -0.1) is 11.3 Å². The summed E-state index contributed by atoms with van der Waals surface area (Å²) in [5, 5.41) is 2.47. The molecular weight excluding hydrogens is 354 g/mol. The lowest BCUT2D eigenvalue weighted by Gasteiger charge is -2.27. The van der Waals surface area contributed by atoms with Gasteiger partial charge in [-0.3, -0.25) is 0 Å². The van der Waals surface area contributed by atoms with Crippen molar-refractivity contribution >= 4 is 49.1 Å². The molecule has 1 aliphatic rings. The summed E-state index contributed by atoms with van der Waals surface area (Å²) in [7, 11) is -3.36. The van der Waals surface area contributed by atoms with E-state index < -0.39 is 10.0 Å². The Kier molecular flexibility index (Phi) is 5.16. The van der Waals surface area contributed by atoms with Crippen LogP contribution in [0, 0.1) is 0 Å². The molecule has 0 saturated heterocycles. The summed E-state index contributed by atoms with van der Waals surface area (Å²) in [6, 6.07) is 1.86. The van der Waals surface area contributed by atoms with Crippen LogP contribution in [0.5, 0.6) is 0 Å². The van der Waals surface area contributed by atoms with Gasteiger partial charge >= 0.3 is 0 Å². The van der Waals surface area contributed by atoms with E-state index >= 15 is 0 Å². The first-order valence-electron chi connectivity index (χ1n) is 5.81. The first kappa shape index (κ1) is 14.8. The SMILES string of the molecule is CSC1CCC(NS(=O)(=O)c2sccc2Br)CC1. The fourth-order valence-corrected chi connectivity index (χ4v) is 6.56. The van der Waals surface area contributed by atoms with Gasteiger partial charge < -0.3 is 0 Å². The highest BCUT2D eigenvalue weighted by Crippen LogP contribution is 2.30. The Morgan fingerprint density at radius 1 is 1.39 bits per heavy atom. The van der Waals surface area contributed by atoms with E-state index in [1.165, 1.54) is 11.3 Å². The Morgan fingerprint density at radius 3 is 2.56 bits per heavy atom. The van der Waals surface area contributed by atoms with Gasteiger partial charge in [0, 0.05) is 15.8 Å². The van der Waals surface area contributed by atoms with Crippen molar-refractivity contribution in [3.05, 3.63) is 15.9 Å². The monoisotopic (exact) mass is 369 g/mol. The van der Waals surface area contributed by atoms with Gasteiger partial charge in [-0.2, -0.15) is 11.8 Å². The second-order valence-corrected chi connectivity index (χ2v) is 9.20. The van der Waals surface area contributed by atoms with E-state index in [9.17, 15) is 8.42 Å². The molecule has 1 heterocycles. The van der Waals surface area contributed by atoms with Crippen molar-refractivity contribution < 1.29 is 8.42 Å². The maximum atomic E-state index is 12.2. The first-order chi connectivity index (χ1) is 8.53. The molecule has 7 heteroatoms. The van der Waals surface area contributed by atoms with Gasteiger partial charge in [0.2, 0.25) is 0 Å². The Balaban J connectivity index is 2.00. The molecule has 0 atom stereocenters. The molecule has 1 saturated carbocycles. The lowest BCUT2D eigenvalue weighted by atomic mass is 9.96. The zero-order valence-corrected chi connectivity index (χ0v) is 14.1. The second kappa shape index (κ2) is 6.26. The molecule has 0 aliphatic heterocycles. The number of thiophene rings is 1. The third-order valence-electron chi connectivity index (χ3n) is 3.16. The molecule has 1 N–H and O–H groups in total. The quantitative estimate of drug-likeness (QED) is 0.883. The highest BCUT2D eigenvalue weighted by atomic mass is 79.9. The maximum Gasteiger partial charge on any atom is 0.251 e. The van der Waals surface area contributed by atoms with E-state index in [1.54, 1.807) is 11.4 Å². The molecule has 3 nitrogen and oxygen atoms in total. The Hall–Kier alpha value is 0.440. The van der Waals surface area contributed by atoms with E-state index in [2.05, 4.69) is 26.9 Å². The van der Waals surface area contributed by atoms with Crippen molar-refractivity contribution in [1.29, 1.82) is 0 Å². The predicted molar refractivity (Wildman–Crippen MR) is 81.9 cm³/mol. The van der Waals surface area contributed by atoms with Crippen molar-refractivity contribution in [3.8, 4) is 0 Å². The van der Waals surface area contributed by atoms with Gasteiger partial charge in [0.05, 0.1) is 0 Å². The molecule has 1 fully saturated rings.